The van der Waals surface area contributed by atoms with E-state index in [0.29, 0.717) is 16.8 Å². The van der Waals surface area contributed by atoms with Gasteiger partial charge in [-0.2, -0.15) is 0 Å². The number of nitrogens with one attached hydrogen (secondary N) is 1. The minimum Gasteiger partial charge on any atom is -0.371 e. The zero-order valence-corrected chi connectivity index (χ0v) is 17.8. The number of para-hydroxylation sites is 1. The predicted molar refractivity (Wildman–Crippen MR) is 118 cm³/mol. The summed E-state index contributed by atoms with van der Waals surface area (Å²) in [5, 5.41) is 3.85. The number of carbonyl (C=O) groups is 1. The molecule has 1 amide bonds. The van der Waals surface area contributed by atoms with Crippen LogP contribution in [0.1, 0.15) is 23.2 Å². The van der Waals surface area contributed by atoms with Gasteiger partial charge in [0, 0.05) is 44.5 Å². The number of benzene rings is 2. The Hall–Kier alpha value is -2.97. The molecule has 2 heterocycles. The lowest BCUT2D eigenvalue weighted by atomic mass is 10.1. The van der Waals surface area contributed by atoms with Gasteiger partial charge < -0.3 is 10.2 Å². The Morgan fingerprint density at radius 2 is 1.80 bits per heavy atom. The maximum absolute atomic E-state index is 13.3. The molecule has 0 spiro atoms. The van der Waals surface area contributed by atoms with Crippen LogP contribution in [0.15, 0.2) is 59.6 Å². The Morgan fingerprint density at radius 1 is 1.07 bits per heavy atom. The van der Waals surface area contributed by atoms with E-state index in [4.69, 9.17) is 0 Å². The van der Waals surface area contributed by atoms with E-state index in [-0.39, 0.29) is 10.8 Å². The Balaban J connectivity index is 1.77. The zero-order valence-electron chi connectivity index (χ0n) is 17.0. The van der Waals surface area contributed by atoms with Gasteiger partial charge in [0.2, 0.25) is 10.0 Å². The van der Waals surface area contributed by atoms with Gasteiger partial charge >= 0.3 is 0 Å². The molecule has 1 fully saturated rings. The monoisotopic (exact) mass is 424 g/mol. The largest absolute Gasteiger partial charge is 0.371 e. The van der Waals surface area contributed by atoms with E-state index >= 15 is 0 Å². The maximum Gasteiger partial charge on any atom is 0.257 e. The molecule has 1 N–H and O–H groups in total. The first-order valence-corrected chi connectivity index (χ1v) is 11.3. The summed E-state index contributed by atoms with van der Waals surface area (Å²) in [6, 6.07) is 14.1. The molecule has 7 nitrogen and oxygen atoms in total. The van der Waals surface area contributed by atoms with Gasteiger partial charge in [0.15, 0.2) is 0 Å². The van der Waals surface area contributed by atoms with Crippen LogP contribution in [0.5, 0.6) is 0 Å². The van der Waals surface area contributed by atoms with Crippen LogP contribution >= 0.6 is 0 Å². The highest BCUT2D eigenvalue weighted by molar-refractivity contribution is 7.89. The van der Waals surface area contributed by atoms with Crippen LogP contribution in [-0.4, -0.2) is 50.8 Å². The van der Waals surface area contributed by atoms with E-state index < -0.39 is 10.0 Å². The third kappa shape index (κ3) is 3.76. The molecule has 3 aromatic rings. The summed E-state index contributed by atoms with van der Waals surface area (Å²) in [5.74, 6) is -0.356. The van der Waals surface area contributed by atoms with Crippen LogP contribution in [0.3, 0.4) is 0 Å². The number of amides is 1. The van der Waals surface area contributed by atoms with Crippen molar-refractivity contribution >= 4 is 38.2 Å². The Morgan fingerprint density at radius 3 is 2.53 bits per heavy atom. The molecule has 0 radical (unpaired) electrons. The third-order valence-electron chi connectivity index (χ3n) is 5.32. The molecule has 30 heavy (non-hydrogen) atoms. The second-order valence-corrected chi connectivity index (χ2v) is 9.65. The molecule has 0 aliphatic carbocycles. The van der Waals surface area contributed by atoms with Gasteiger partial charge in [-0.05, 0) is 43.2 Å². The van der Waals surface area contributed by atoms with Crippen LogP contribution in [0.4, 0.5) is 11.4 Å². The summed E-state index contributed by atoms with van der Waals surface area (Å²) < 4.78 is 26.4. The molecule has 2 aromatic carbocycles. The summed E-state index contributed by atoms with van der Waals surface area (Å²) in [7, 11) is -0.703. The Kier molecular flexibility index (Phi) is 5.44. The molecular formula is C22H24N4O3S. The van der Waals surface area contributed by atoms with Gasteiger partial charge in [-0.3, -0.25) is 9.78 Å². The van der Waals surface area contributed by atoms with Crippen LogP contribution in [0.2, 0.25) is 0 Å². The van der Waals surface area contributed by atoms with Gasteiger partial charge in [0.25, 0.3) is 5.91 Å². The summed E-state index contributed by atoms with van der Waals surface area (Å²) in [6.45, 7) is 1.69. The van der Waals surface area contributed by atoms with E-state index in [1.54, 1.807) is 24.4 Å². The third-order valence-corrected chi connectivity index (χ3v) is 7.13. The van der Waals surface area contributed by atoms with Gasteiger partial charge in [-0.15, -0.1) is 0 Å². The Labute approximate surface area is 176 Å². The van der Waals surface area contributed by atoms with Crippen LogP contribution in [-0.2, 0) is 10.0 Å². The van der Waals surface area contributed by atoms with Gasteiger partial charge in [0.1, 0.15) is 0 Å². The van der Waals surface area contributed by atoms with E-state index in [1.165, 1.54) is 20.2 Å². The van der Waals surface area contributed by atoms with Crippen molar-refractivity contribution < 1.29 is 13.2 Å². The fourth-order valence-corrected chi connectivity index (χ4v) is 4.63. The van der Waals surface area contributed by atoms with Crippen LogP contribution in [0.25, 0.3) is 10.9 Å². The number of carbonyl (C=O) groups excluding carboxylic acids is 1. The average molecular weight is 425 g/mol. The highest BCUT2D eigenvalue weighted by Crippen LogP contribution is 2.29. The van der Waals surface area contributed by atoms with Gasteiger partial charge in [0.05, 0.1) is 21.7 Å². The lowest BCUT2D eigenvalue weighted by Gasteiger charge is -2.22. The molecule has 1 saturated heterocycles. The number of pyridine rings is 1. The van der Waals surface area contributed by atoms with Crippen molar-refractivity contribution in [3.63, 3.8) is 0 Å². The summed E-state index contributed by atoms with van der Waals surface area (Å²) >= 11 is 0. The van der Waals surface area contributed by atoms with Gasteiger partial charge in [-0.25, -0.2) is 12.7 Å². The first kappa shape index (κ1) is 20.3. The van der Waals surface area contributed by atoms with Crippen molar-refractivity contribution in [1.82, 2.24) is 9.29 Å². The summed E-state index contributed by atoms with van der Waals surface area (Å²) in [5.41, 5.74) is 2.36. The fraction of sp³-hybridized carbons (Fsp3) is 0.273. The number of nitrogens with zero attached hydrogens (tertiary/aromatic N) is 3. The summed E-state index contributed by atoms with van der Waals surface area (Å²) in [6.07, 6.45) is 3.77. The molecule has 156 valence electrons. The van der Waals surface area contributed by atoms with Crippen molar-refractivity contribution in [2.75, 3.05) is 37.4 Å². The standard InChI is InChI=1S/C22H24N4O3S/c1-25(2)30(28,29)17-10-11-20(26-13-3-4-14-26)18(15-17)22(27)24-19-9-5-7-16-8-6-12-23-21(16)19/h5-12,15H,3-4,13-14H2,1-2H3,(H,24,27). The van der Waals surface area contributed by atoms with Crippen LogP contribution < -0.4 is 10.2 Å². The number of aromatic nitrogens is 1. The SMILES string of the molecule is CN(C)S(=O)(=O)c1ccc(N2CCCC2)c(C(=O)Nc2cccc3cccnc23)c1. The second kappa shape index (κ2) is 8.04. The second-order valence-electron chi connectivity index (χ2n) is 7.50. The van der Waals surface area contributed by atoms with E-state index in [9.17, 15) is 13.2 Å². The highest BCUT2D eigenvalue weighted by atomic mass is 32.2. The molecule has 0 unspecified atom stereocenters. The van der Waals surface area contributed by atoms with Crippen molar-refractivity contribution in [2.24, 2.45) is 0 Å². The lowest BCUT2D eigenvalue weighted by Crippen LogP contribution is -2.25. The van der Waals surface area contributed by atoms with Crippen LogP contribution in [0, 0.1) is 0 Å². The van der Waals surface area contributed by atoms with Crippen molar-refractivity contribution in [1.29, 1.82) is 0 Å². The quantitative estimate of drug-likeness (QED) is 0.679. The first-order chi connectivity index (χ1) is 14.4. The predicted octanol–water partition coefficient (Wildman–Crippen LogP) is 3.34. The van der Waals surface area contributed by atoms with Gasteiger partial charge in [-0.1, -0.05) is 18.2 Å². The van der Waals surface area contributed by atoms with Crippen molar-refractivity contribution in [3.05, 3.63) is 60.3 Å². The molecular weight excluding hydrogens is 400 g/mol. The normalized spacial score (nSPS) is 14.4. The fourth-order valence-electron chi connectivity index (χ4n) is 3.70. The van der Waals surface area contributed by atoms with Crippen molar-refractivity contribution in [3.8, 4) is 0 Å². The number of rotatable bonds is 5. The molecule has 0 saturated carbocycles. The topological polar surface area (TPSA) is 82.6 Å². The lowest BCUT2D eigenvalue weighted by molar-refractivity contribution is 0.102. The zero-order chi connectivity index (χ0) is 21.3. The molecule has 8 heteroatoms. The molecule has 1 aliphatic heterocycles. The maximum atomic E-state index is 13.3. The van der Waals surface area contributed by atoms with E-state index in [2.05, 4.69) is 15.2 Å². The van der Waals surface area contributed by atoms with Crippen molar-refractivity contribution in [2.45, 2.75) is 17.7 Å². The van der Waals surface area contributed by atoms with E-state index in [0.717, 1.165) is 41.3 Å². The number of hydrogen-bond acceptors (Lipinski definition) is 5. The Bertz CT molecular complexity index is 1200. The molecule has 1 aliphatic rings. The van der Waals surface area contributed by atoms with E-state index in [1.807, 2.05) is 24.3 Å². The summed E-state index contributed by atoms with van der Waals surface area (Å²) in [4.78, 5) is 19.9. The molecule has 0 atom stereocenters. The number of sulfonamides is 1. The molecule has 1 aromatic heterocycles. The highest BCUT2D eigenvalue weighted by Gasteiger charge is 2.25. The minimum absolute atomic E-state index is 0.0941. The number of fused-ring (bicyclic) bond motifs is 1. The number of anilines is 2. The first-order valence-electron chi connectivity index (χ1n) is 9.84. The molecule has 4 rings (SSSR count). The number of hydrogen-bond donors (Lipinski definition) is 1. The average Bonchev–Trinajstić information content (AvgIpc) is 3.28. The minimum atomic E-state index is -3.66. The smallest absolute Gasteiger partial charge is 0.257 e. The molecule has 0 bridgehead atoms.